The smallest absolute Gasteiger partial charge is 0.271 e. The third-order valence-electron chi connectivity index (χ3n) is 3.82. The highest BCUT2D eigenvalue weighted by Gasteiger charge is 2.11. The summed E-state index contributed by atoms with van der Waals surface area (Å²) < 4.78 is 16.0. The molecule has 6 nitrogen and oxygen atoms in total. The summed E-state index contributed by atoms with van der Waals surface area (Å²) in [4.78, 5) is 12.3. The number of benzene rings is 2. The molecule has 0 bridgehead atoms. The van der Waals surface area contributed by atoms with Gasteiger partial charge in [-0.1, -0.05) is 29.3 Å². The summed E-state index contributed by atoms with van der Waals surface area (Å²) in [5.41, 5.74) is 3.45. The summed E-state index contributed by atoms with van der Waals surface area (Å²) in [7, 11) is 3.02. The maximum atomic E-state index is 12.3. The van der Waals surface area contributed by atoms with Crippen LogP contribution in [0.1, 0.15) is 16.1 Å². The fraction of sp³-hybridized carbons (Fsp3) is 0.100. The minimum Gasteiger partial charge on any atom is -0.497 e. The number of ether oxygens (including phenoxy) is 2. The minimum atomic E-state index is -0.418. The van der Waals surface area contributed by atoms with Crippen LogP contribution in [-0.4, -0.2) is 26.3 Å². The molecule has 1 heterocycles. The molecule has 0 spiro atoms. The SMILES string of the molecule is COc1cc(OC)cc(C(=O)N/N=C\c2ccc(-c3cccc(Cl)c3Cl)o2)c1. The van der Waals surface area contributed by atoms with Crippen molar-refractivity contribution >= 4 is 35.3 Å². The monoisotopic (exact) mass is 418 g/mol. The molecular formula is C20H16Cl2N2O4. The van der Waals surface area contributed by atoms with Crippen LogP contribution in [0.4, 0.5) is 0 Å². The fourth-order valence-corrected chi connectivity index (χ4v) is 2.81. The van der Waals surface area contributed by atoms with Crippen LogP contribution in [0.5, 0.6) is 11.5 Å². The summed E-state index contributed by atoms with van der Waals surface area (Å²) in [6, 6.07) is 13.6. The zero-order valence-electron chi connectivity index (χ0n) is 15.0. The Hall–Kier alpha value is -2.96. The van der Waals surface area contributed by atoms with E-state index in [1.54, 1.807) is 48.5 Å². The van der Waals surface area contributed by atoms with Gasteiger partial charge in [-0.3, -0.25) is 4.79 Å². The number of nitrogens with one attached hydrogen (secondary N) is 1. The van der Waals surface area contributed by atoms with Gasteiger partial charge in [0.1, 0.15) is 23.0 Å². The summed E-state index contributed by atoms with van der Waals surface area (Å²) >= 11 is 12.2. The van der Waals surface area contributed by atoms with Gasteiger partial charge in [-0.2, -0.15) is 5.10 Å². The van der Waals surface area contributed by atoms with E-state index in [0.717, 1.165) is 0 Å². The summed E-state index contributed by atoms with van der Waals surface area (Å²) in [5, 5.41) is 4.76. The zero-order chi connectivity index (χ0) is 20.1. The van der Waals surface area contributed by atoms with Crippen molar-refractivity contribution in [1.29, 1.82) is 0 Å². The molecule has 1 amide bonds. The number of hydrogen-bond acceptors (Lipinski definition) is 5. The summed E-state index contributed by atoms with van der Waals surface area (Å²) in [5.74, 6) is 1.57. The lowest BCUT2D eigenvalue weighted by atomic mass is 10.2. The second kappa shape index (κ2) is 8.82. The van der Waals surface area contributed by atoms with Gasteiger partial charge in [-0.05, 0) is 36.4 Å². The molecule has 2 aromatic carbocycles. The van der Waals surface area contributed by atoms with E-state index in [9.17, 15) is 4.79 Å². The number of halogens is 2. The van der Waals surface area contributed by atoms with Crippen LogP contribution in [-0.2, 0) is 0 Å². The van der Waals surface area contributed by atoms with Crippen molar-refractivity contribution in [1.82, 2.24) is 5.43 Å². The number of furan rings is 1. The largest absolute Gasteiger partial charge is 0.497 e. The molecular weight excluding hydrogens is 403 g/mol. The molecule has 0 fully saturated rings. The number of hydrogen-bond donors (Lipinski definition) is 1. The third-order valence-corrected chi connectivity index (χ3v) is 4.63. The van der Waals surface area contributed by atoms with Gasteiger partial charge in [0.15, 0.2) is 0 Å². The zero-order valence-corrected chi connectivity index (χ0v) is 16.5. The molecule has 1 aromatic heterocycles. The second-order valence-corrected chi connectivity index (χ2v) is 6.39. The molecule has 0 saturated heterocycles. The first kappa shape index (κ1) is 19.8. The Labute approximate surface area is 171 Å². The molecule has 28 heavy (non-hydrogen) atoms. The van der Waals surface area contributed by atoms with E-state index < -0.39 is 5.91 Å². The van der Waals surface area contributed by atoms with Crippen LogP contribution in [0.15, 0.2) is 58.0 Å². The first-order valence-electron chi connectivity index (χ1n) is 8.12. The molecule has 0 aliphatic heterocycles. The van der Waals surface area contributed by atoms with Crippen molar-refractivity contribution in [3.05, 3.63) is 69.9 Å². The molecule has 0 aliphatic carbocycles. The number of methoxy groups -OCH3 is 2. The van der Waals surface area contributed by atoms with Crippen molar-refractivity contribution in [3.8, 4) is 22.8 Å². The van der Waals surface area contributed by atoms with Gasteiger partial charge >= 0.3 is 0 Å². The average Bonchev–Trinajstić information content (AvgIpc) is 3.18. The molecule has 8 heteroatoms. The Morgan fingerprint density at radius 2 is 1.79 bits per heavy atom. The number of rotatable bonds is 6. The lowest BCUT2D eigenvalue weighted by molar-refractivity contribution is 0.0954. The van der Waals surface area contributed by atoms with Crippen LogP contribution in [0, 0.1) is 0 Å². The van der Waals surface area contributed by atoms with E-state index in [1.165, 1.54) is 20.4 Å². The Morgan fingerprint density at radius 3 is 2.46 bits per heavy atom. The standard InChI is InChI=1S/C20H16Cl2N2O4/c1-26-14-8-12(9-15(10-14)27-2)20(25)24-23-11-13-6-7-18(28-13)16-4-3-5-17(21)19(16)22/h3-11H,1-2H3,(H,24,25)/b23-11-. The van der Waals surface area contributed by atoms with E-state index in [-0.39, 0.29) is 0 Å². The van der Waals surface area contributed by atoms with E-state index in [4.69, 9.17) is 37.1 Å². The van der Waals surface area contributed by atoms with E-state index in [2.05, 4.69) is 10.5 Å². The van der Waals surface area contributed by atoms with Gasteiger partial charge in [0.25, 0.3) is 5.91 Å². The molecule has 3 aromatic rings. The number of amides is 1. The van der Waals surface area contributed by atoms with Crippen LogP contribution in [0.3, 0.4) is 0 Å². The quantitative estimate of drug-likeness (QED) is 0.449. The van der Waals surface area contributed by atoms with E-state index >= 15 is 0 Å². The molecule has 0 unspecified atom stereocenters. The molecule has 144 valence electrons. The lowest BCUT2D eigenvalue weighted by Crippen LogP contribution is -2.17. The van der Waals surface area contributed by atoms with Gasteiger partial charge in [-0.15, -0.1) is 0 Å². The van der Waals surface area contributed by atoms with E-state index in [1.807, 2.05) is 0 Å². The van der Waals surface area contributed by atoms with Crippen molar-refractivity contribution in [3.63, 3.8) is 0 Å². The maximum absolute atomic E-state index is 12.3. The van der Waals surface area contributed by atoms with Crippen LogP contribution >= 0.6 is 23.2 Å². The molecule has 0 radical (unpaired) electrons. The topological polar surface area (TPSA) is 73.1 Å². The van der Waals surface area contributed by atoms with Crippen molar-refractivity contribution in [2.75, 3.05) is 14.2 Å². The van der Waals surface area contributed by atoms with Gasteiger partial charge in [0.2, 0.25) is 0 Å². The maximum Gasteiger partial charge on any atom is 0.271 e. The highest BCUT2D eigenvalue weighted by atomic mass is 35.5. The first-order valence-corrected chi connectivity index (χ1v) is 8.88. The third kappa shape index (κ3) is 4.47. The van der Waals surface area contributed by atoms with Gasteiger partial charge < -0.3 is 13.9 Å². The number of hydrazone groups is 1. The highest BCUT2D eigenvalue weighted by molar-refractivity contribution is 6.43. The van der Waals surface area contributed by atoms with E-state index in [0.29, 0.717) is 44.2 Å². The van der Waals surface area contributed by atoms with Gasteiger partial charge in [0, 0.05) is 17.2 Å². The number of carbonyl (C=O) groups excluding carboxylic acids is 1. The van der Waals surface area contributed by atoms with Crippen molar-refractivity contribution in [2.24, 2.45) is 5.10 Å². The predicted molar refractivity (Wildman–Crippen MR) is 109 cm³/mol. The molecule has 0 aliphatic rings. The Balaban J connectivity index is 1.71. The number of nitrogens with zero attached hydrogens (tertiary/aromatic N) is 1. The molecule has 0 atom stereocenters. The van der Waals surface area contributed by atoms with Gasteiger partial charge in [-0.25, -0.2) is 5.43 Å². The number of carbonyl (C=O) groups is 1. The molecule has 3 rings (SSSR count). The Morgan fingerprint density at radius 1 is 1.07 bits per heavy atom. The van der Waals surface area contributed by atoms with Crippen LogP contribution in [0.25, 0.3) is 11.3 Å². The Bertz CT molecular complexity index is 1010. The molecule has 1 N–H and O–H groups in total. The Kier molecular flexibility index (Phi) is 6.23. The van der Waals surface area contributed by atoms with Crippen LogP contribution in [0.2, 0.25) is 10.0 Å². The predicted octanol–water partition coefficient (Wildman–Crippen LogP) is 5.03. The first-order chi connectivity index (χ1) is 13.5. The van der Waals surface area contributed by atoms with Crippen molar-refractivity contribution in [2.45, 2.75) is 0 Å². The summed E-state index contributed by atoms with van der Waals surface area (Å²) in [6.07, 6.45) is 1.39. The van der Waals surface area contributed by atoms with Crippen molar-refractivity contribution < 1.29 is 18.7 Å². The normalized spacial score (nSPS) is 10.9. The lowest BCUT2D eigenvalue weighted by Gasteiger charge is -2.07. The fourth-order valence-electron chi connectivity index (χ4n) is 2.42. The van der Waals surface area contributed by atoms with Gasteiger partial charge in [0.05, 0.1) is 30.5 Å². The van der Waals surface area contributed by atoms with Crippen LogP contribution < -0.4 is 14.9 Å². The average molecular weight is 419 g/mol. The minimum absolute atomic E-state index is 0.346. The summed E-state index contributed by atoms with van der Waals surface area (Å²) in [6.45, 7) is 0. The molecule has 0 saturated carbocycles. The second-order valence-electron chi connectivity index (χ2n) is 5.60. The highest BCUT2D eigenvalue weighted by Crippen LogP contribution is 2.34.